The standard InChI is InChI=1S/C34H38N4O6/c1-18(2)31(34(41)38-25-9-7-8-24-22(25)14-15-35-24)37-27-13-11-21-23(17-28(27)40)26(36-19(3)39)12-10-20-16-29(42-4)32(43-5)33(44-6)30(20)21/h7-9,11,13-18,26,31,35H,10,12H2,1-6H3,(H,36,39)(H,37,40)(H,38,41). The molecule has 4 aromatic rings. The van der Waals surface area contributed by atoms with E-state index in [1.54, 1.807) is 33.5 Å². The van der Waals surface area contributed by atoms with E-state index in [-0.39, 0.29) is 28.8 Å². The average Bonchev–Trinajstić information content (AvgIpc) is 3.37. The number of nitrogens with one attached hydrogen (secondary N) is 4. The molecule has 3 aromatic carbocycles. The van der Waals surface area contributed by atoms with E-state index >= 15 is 0 Å². The summed E-state index contributed by atoms with van der Waals surface area (Å²) in [5.74, 6) is 0.808. The topological polar surface area (TPSA) is 131 Å². The number of anilines is 2. The van der Waals surface area contributed by atoms with Gasteiger partial charge in [-0.3, -0.25) is 14.4 Å². The molecule has 0 fully saturated rings. The molecule has 0 aliphatic heterocycles. The maximum absolute atomic E-state index is 13.8. The molecule has 10 nitrogen and oxygen atoms in total. The maximum atomic E-state index is 13.8. The van der Waals surface area contributed by atoms with Crippen LogP contribution in [0.4, 0.5) is 11.4 Å². The summed E-state index contributed by atoms with van der Waals surface area (Å²) in [6.45, 7) is 5.30. The predicted molar refractivity (Wildman–Crippen MR) is 172 cm³/mol. The Hall–Kier alpha value is -4.99. The number of aromatic amines is 1. The Bertz CT molecular complexity index is 1780. The third-order valence-corrected chi connectivity index (χ3v) is 8.03. The van der Waals surface area contributed by atoms with E-state index in [9.17, 15) is 14.4 Å². The zero-order valence-electron chi connectivity index (χ0n) is 25.8. The number of hydrogen-bond donors (Lipinski definition) is 4. The van der Waals surface area contributed by atoms with Crippen molar-refractivity contribution in [3.8, 4) is 28.4 Å². The minimum absolute atomic E-state index is 0.146. The zero-order chi connectivity index (χ0) is 31.5. The van der Waals surface area contributed by atoms with Crippen molar-refractivity contribution < 1.29 is 23.8 Å². The van der Waals surface area contributed by atoms with E-state index in [1.807, 2.05) is 56.4 Å². The third-order valence-electron chi connectivity index (χ3n) is 8.03. The Balaban J connectivity index is 1.61. The van der Waals surface area contributed by atoms with Gasteiger partial charge in [-0.1, -0.05) is 26.0 Å². The van der Waals surface area contributed by atoms with E-state index in [4.69, 9.17) is 14.2 Å². The number of H-pyrrole nitrogens is 1. The molecule has 2 unspecified atom stereocenters. The highest BCUT2D eigenvalue weighted by atomic mass is 16.5. The Morgan fingerprint density at radius 3 is 2.41 bits per heavy atom. The van der Waals surface area contributed by atoms with Crippen LogP contribution in [-0.2, 0) is 16.0 Å². The van der Waals surface area contributed by atoms with E-state index in [0.29, 0.717) is 46.9 Å². The summed E-state index contributed by atoms with van der Waals surface area (Å²) in [4.78, 5) is 42.8. The average molecular weight is 599 g/mol. The van der Waals surface area contributed by atoms with Crippen molar-refractivity contribution in [3.63, 3.8) is 0 Å². The summed E-state index contributed by atoms with van der Waals surface area (Å²) in [6.07, 6.45) is 2.97. The van der Waals surface area contributed by atoms with Gasteiger partial charge in [0.05, 0.1) is 38.7 Å². The van der Waals surface area contributed by atoms with Crippen LogP contribution < -0.4 is 35.6 Å². The minimum Gasteiger partial charge on any atom is -0.493 e. The van der Waals surface area contributed by atoms with Gasteiger partial charge in [0.2, 0.25) is 23.0 Å². The summed E-state index contributed by atoms with van der Waals surface area (Å²) < 4.78 is 17.1. The van der Waals surface area contributed by atoms with E-state index < -0.39 is 12.1 Å². The van der Waals surface area contributed by atoms with Crippen molar-refractivity contribution in [1.82, 2.24) is 10.3 Å². The predicted octanol–water partition coefficient (Wildman–Crippen LogP) is 5.42. The zero-order valence-corrected chi connectivity index (χ0v) is 25.8. The first-order chi connectivity index (χ1) is 21.2. The number of aromatic nitrogens is 1. The Labute approximate surface area is 256 Å². The van der Waals surface area contributed by atoms with Gasteiger partial charge in [0, 0.05) is 29.6 Å². The van der Waals surface area contributed by atoms with Crippen molar-refractivity contribution in [3.05, 3.63) is 76.1 Å². The number of benzene rings is 2. The number of hydrogen-bond acceptors (Lipinski definition) is 7. The lowest BCUT2D eigenvalue weighted by molar-refractivity contribution is -0.120. The van der Waals surface area contributed by atoms with Crippen LogP contribution in [0.2, 0.25) is 0 Å². The molecule has 1 heterocycles. The molecule has 10 heteroatoms. The van der Waals surface area contributed by atoms with Crippen molar-refractivity contribution >= 4 is 34.1 Å². The second-order valence-corrected chi connectivity index (χ2v) is 11.2. The smallest absolute Gasteiger partial charge is 0.247 e. The second kappa shape index (κ2) is 12.7. The second-order valence-electron chi connectivity index (χ2n) is 11.2. The molecule has 230 valence electrons. The molecule has 1 aromatic heterocycles. The number of carbonyl (C=O) groups is 2. The fourth-order valence-corrected chi connectivity index (χ4v) is 5.93. The fourth-order valence-electron chi connectivity index (χ4n) is 5.93. The summed E-state index contributed by atoms with van der Waals surface area (Å²) >= 11 is 0. The van der Waals surface area contributed by atoms with Crippen molar-refractivity contribution in [1.29, 1.82) is 0 Å². The van der Waals surface area contributed by atoms with Gasteiger partial charge in [0.1, 0.15) is 6.04 Å². The lowest BCUT2D eigenvalue weighted by Crippen LogP contribution is -2.40. The molecule has 44 heavy (non-hydrogen) atoms. The van der Waals surface area contributed by atoms with Crippen LogP contribution >= 0.6 is 0 Å². The molecule has 0 saturated heterocycles. The van der Waals surface area contributed by atoms with Gasteiger partial charge < -0.3 is 35.1 Å². The molecule has 0 radical (unpaired) electrons. The Morgan fingerprint density at radius 1 is 0.955 bits per heavy atom. The van der Waals surface area contributed by atoms with E-state index in [1.165, 1.54) is 6.92 Å². The van der Waals surface area contributed by atoms with Gasteiger partial charge in [0.25, 0.3) is 0 Å². The summed E-state index contributed by atoms with van der Waals surface area (Å²) in [6, 6.07) is 13.4. The Kier molecular flexibility index (Phi) is 8.80. The van der Waals surface area contributed by atoms with Gasteiger partial charge >= 0.3 is 0 Å². The van der Waals surface area contributed by atoms with Gasteiger partial charge in [0.15, 0.2) is 11.5 Å². The number of methoxy groups -OCH3 is 3. The summed E-state index contributed by atoms with van der Waals surface area (Å²) in [7, 11) is 4.67. The molecule has 1 aliphatic rings. The number of fused-ring (bicyclic) bond motifs is 4. The largest absolute Gasteiger partial charge is 0.493 e. The molecule has 2 atom stereocenters. The molecular formula is C34H38N4O6. The van der Waals surface area contributed by atoms with Crippen molar-refractivity contribution in [2.75, 3.05) is 32.0 Å². The molecule has 0 saturated carbocycles. The first-order valence-corrected chi connectivity index (χ1v) is 14.6. The quantitative estimate of drug-likeness (QED) is 0.202. The number of amides is 2. The molecule has 0 spiro atoms. The van der Waals surface area contributed by atoms with Crippen LogP contribution in [0, 0.1) is 5.92 Å². The maximum Gasteiger partial charge on any atom is 0.247 e. The number of aryl methyl sites for hydroxylation is 1. The van der Waals surface area contributed by atoms with Crippen molar-refractivity contribution in [2.45, 2.75) is 45.7 Å². The fraction of sp³-hybridized carbons (Fsp3) is 0.324. The summed E-state index contributed by atoms with van der Waals surface area (Å²) in [5, 5.41) is 10.2. The third kappa shape index (κ3) is 5.79. The van der Waals surface area contributed by atoms with Crippen LogP contribution in [0.5, 0.6) is 17.2 Å². The first kappa shape index (κ1) is 30.5. The van der Waals surface area contributed by atoms with Crippen LogP contribution in [-0.4, -0.2) is 44.2 Å². The summed E-state index contributed by atoms with van der Waals surface area (Å²) in [5.41, 5.74) is 4.59. The number of rotatable bonds is 9. The SMILES string of the molecule is COc1cc2c(c(OC)c1OC)-c1ccc(NC(C(=O)Nc3cccc4[nH]ccc34)C(C)C)c(=O)cc1C(NC(C)=O)CC2. The highest BCUT2D eigenvalue weighted by Gasteiger charge is 2.30. The van der Waals surface area contributed by atoms with Crippen LogP contribution in [0.3, 0.4) is 0 Å². The molecule has 1 aliphatic carbocycles. The number of ether oxygens (including phenoxy) is 3. The van der Waals surface area contributed by atoms with E-state index in [2.05, 4.69) is 20.9 Å². The van der Waals surface area contributed by atoms with Gasteiger partial charge in [-0.25, -0.2) is 0 Å². The van der Waals surface area contributed by atoms with Gasteiger partial charge in [-0.15, -0.1) is 0 Å². The molecule has 2 amide bonds. The Morgan fingerprint density at radius 2 is 1.73 bits per heavy atom. The molecule has 0 bridgehead atoms. The number of carbonyl (C=O) groups excluding carboxylic acids is 2. The van der Waals surface area contributed by atoms with Crippen molar-refractivity contribution in [2.24, 2.45) is 5.92 Å². The monoisotopic (exact) mass is 598 g/mol. The van der Waals surface area contributed by atoms with Crippen LogP contribution in [0.1, 0.15) is 44.4 Å². The van der Waals surface area contributed by atoms with Gasteiger partial charge in [-0.05, 0) is 71.8 Å². The highest BCUT2D eigenvalue weighted by molar-refractivity contribution is 6.04. The van der Waals surface area contributed by atoms with Gasteiger partial charge in [-0.2, -0.15) is 0 Å². The first-order valence-electron chi connectivity index (χ1n) is 14.6. The molecule has 5 rings (SSSR count). The van der Waals surface area contributed by atoms with Crippen LogP contribution in [0.25, 0.3) is 22.0 Å². The normalized spacial score (nSPS) is 14.6. The molecular weight excluding hydrogens is 560 g/mol. The lowest BCUT2D eigenvalue weighted by Gasteiger charge is -2.22. The highest BCUT2D eigenvalue weighted by Crippen LogP contribution is 2.50. The van der Waals surface area contributed by atoms with Crippen LogP contribution in [0.15, 0.2) is 59.5 Å². The minimum atomic E-state index is -0.712. The lowest BCUT2D eigenvalue weighted by atomic mass is 9.95. The van der Waals surface area contributed by atoms with E-state index in [0.717, 1.165) is 22.0 Å². The molecule has 4 N–H and O–H groups in total.